The minimum Gasteiger partial charge on any atom is -0.353 e. The fraction of sp³-hybridized carbons (Fsp3) is 0.882. The number of piperazine rings is 1. The highest BCUT2D eigenvalue weighted by atomic mass is 16.2. The van der Waals surface area contributed by atoms with E-state index in [9.17, 15) is 9.59 Å². The first-order valence-corrected chi connectivity index (χ1v) is 8.38. The van der Waals surface area contributed by atoms with Gasteiger partial charge in [0.2, 0.25) is 11.8 Å². The maximum Gasteiger partial charge on any atom is 0.239 e. The van der Waals surface area contributed by atoms with Crippen molar-refractivity contribution in [1.29, 1.82) is 0 Å². The molecular formula is C17H26N2O2. The Morgan fingerprint density at radius 2 is 1.81 bits per heavy atom. The highest BCUT2D eigenvalue weighted by Gasteiger charge is 2.63. The molecule has 0 radical (unpaired) electrons. The van der Waals surface area contributed by atoms with Gasteiger partial charge in [-0.15, -0.1) is 0 Å². The van der Waals surface area contributed by atoms with Gasteiger partial charge in [-0.2, -0.15) is 0 Å². The Balaban J connectivity index is 1.64. The lowest BCUT2D eigenvalue weighted by Gasteiger charge is -2.65. The predicted octanol–water partition coefficient (Wildman–Crippen LogP) is 1.94. The molecule has 1 heterocycles. The average molecular weight is 290 g/mol. The van der Waals surface area contributed by atoms with Gasteiger partial charge in [-0.3, -0.25) is 9.59 Å². The molecule has 5 fully saturated rings. The van der Waals surface area contributed by atoms with E-state index in [2.05, 4.69) is 19.2 Å². The third-order valence-electron chi connectivity index (χ3n) is 6.41. The quantitative estimate of drug-likeness (QED) is 0.802. The molecule has 0 aromatic heterocycles. The molecule has 1 N–H and O–H groups in total. The van der Waals surface area contributed by atoms with Crippen LogP contribution >= 0.6 is 0 Å². The first-order chi connectivity index (χ1) is 9.82. The van der Waals surface area contributed by atoms with Crippen LogP contribution in [0.5, 0.6) is 0 Å². The highest BCUT2D eigenvalue weighted by Crippen LogP contribution is 2.69. The summed E-state index contributed by atoms with van der Waals surface area (Å²) in [6, 6.07) is 0. The lowest BCUT2D eigenvalue weighted by molar-refractivity contribution is -0.180. The first kappa shape index (κ1) is 13.6. The molecule has 5 aliphatic rings. The van der Waals surface area contributed by atoms with E-state index in [0.29, 0.717) is 23.9 Å². The summed E-state index contributed by atoms with van der Waals surface area (Å²) in [5.41, 5.74) is 0.532. The van der Waals surface area contributed by atoms with Gasteiger partial charge < -0.3 is 10.2 Å². The second-order valence-electron chi connectivity index (χ2n) is 8.99. The van der Waals surface area contributed by atoms with Crippen LogP contribution in [0.3, 0.4) is 0 Å². The molecule has 0 aromatic rings. The fourth-order valence-corrected chi connectivity index (χ4v) is 6.83. The van der Waals surface area contributed by atoms with Gasteiger partial charge in [-0.25, -0.2) is 0 Å². The summed E-state index contributed by atoms with van der Waals surface area (Å²) in [5.74, 6) is 0.995. The van der Waals surface area contributed by atoms with Crippen molar-refractivity contribution in [3.8, 4) is 0 Å². The molecule has 4 heteroatoms. The van der Waals surface area contributed by atoms with Crippen LogP contribution < -0.4 is 5.32 Å². The third-order valence-corrected chi connectivity index (χ3v) is 6.41. The molecular weight excluding hydrogens is 264 g/mol. The number of hydrogen-bond acceptors (Lipinski definition) is 2. The standard InChI is InChI=1S/C17H26N2O2/c1-15-5-12-6-16(2,9-15)11-17(7-12,10-15)14(21)19-4-3-18-13(20)8-19/h12H,3-11H2,1-2H3,(H,18,20). The summed E-state index contributed by atoms with van der Waals surface area (Å²) >= 11 is 0. The van der Waals surface area contributed by atoms with Gasteiger partial charge >= 0.3 is 0 Å². The van der Waals surface area contributed by atoms with Crippen LogP contribution in [0, 0.1) is 22.2 Å². The average Bonchev–Trinajstić information content (AvgIpc) is 2.33. The van der Waals surface area contributed by atoms with Crippen LogP contribution in [0.25, 0.3) is 0 Å². The van der Waals surface area contributed by atoms with Crippen molar-refractivity contribution in [2.75, 3.05) is 19.6 Å². The molecule has 4 bridgehead atoms. The summed E-state index contributed by atoms with van der Waals surface area (Å²) < 4.78 is 0. The Morgan fingerprint density at radius 3 is 2.38 bits per heavy atom. The van der Waals surface area contributed by atoms with Crippen LogP contribution in [0.4, 0.5) is 0 Å². The fourth-order valence-electron chi connectivity index (χ4n) is 6.83. The number of carbonyl (C=O) groups excluding carboxylic acids is 2. The van der Waals surface area contributed by atoms with Crippen LogP contribution in [0.1, 0.15) is 52.4 Å². The van der Waals surface area contributed by atoms with Crippen molar-refractivity contribution in [3.63, 3.8) is 0 Å². The Bertz CT molecular complexity index is 497. The van der Waals surface area contributed by atoms with Gasteiger partial charge in [0.1, 0.15) is 0 Å². The van der Waals surface area contributed by atoms with Crippen molar-refractivity contribution in [2.45, 2.75) is 52.4 Å². The highest BCUT2D eigenvalue weighted by molar-refractivity contribution is 5.89. The third kappa shape index (κ3) is 2.01. The van der Waals surface area contributed by atoms with Crippen LogP contribution in [-0.4, -0.2) is 36.3 Å². The predicted molar refractivity (Wildman–Crippen MR) is 79.4 cm³/mol. The van der Waals surface area contributed by atoms with Crippen molar-refractivity contribution in [3.05, 3.63) is 0 Å². The van der Waals surface area contributed by atoms with E-state index in [1.165, 1.54) is 19.3 Å². The number of rotatable bonds is 1. The van der Waals surface area contributed by atoms with E-state index >= 15 is 0 Å². The van der Waals surface area contributed by atoms with E-state index in [-0.39, 0.29) is 23.8 Å². The van der Waals surface area contributed by atoms with Crippen LogP contribution in [0.2, 0.25) is 0 Å². The molecule has 2 unspecified atom stereocenters. The molecule has 2 atom stereocenters. The molecule has 4 nitrogen and oxygen atoms in total. The monoisotopic (exact) mass is 290 g/mol. The Hall–Kier alpha value is -1.06. The van der Waals surface area contributed by atoms with Gasteiger partial charge in [0.05, 0.1) is 12.0 Å². The zero-order valence-corrected chi connectivity index (χ0v) is 13.2. The minimum absolute atomic E-state index is 0.00301. The molecule has 2 amide bonds. The van der Waals surface area contributed by atoms with E-state index in [1.54, 1.807) is 0 Å². The lowest BCUT2D eigenvalue weighted by atomic mass is 9.40. The van der Waals surface area contributed by atoms with Crippen molar-refractivity contribution in [2.24, 2.45) is 22.2 Å². The number of nitrogens with zero attached hydrogens (tertiary/aromatic N) is 1. The molecule has 21 heavy (non-hydrogen) atoms. The van der Waals surface area contributed by atoms with Crippen molar-refractivity contribution in [1.82, 2.24) is 10.2 Å². The Morgan fingerprint density at radius 1 is 1.14 bits per heavy atom. The number of hydrogen-bond donors (Lipinski definition) is 1. The summed E-state index contributed by atoms with van der Waals surface area (Å²) in [4.78, 5) is 26.7. The van der Waals surface area contributed by atoms with E-state index in [4.69, 9.17) is 0 Å². The van der Waals surface area contributed by atoms with Gasteiger partial charge in [-0.1, -0.05) is 13.8 Å². The largest absolute Gasteiger partial charge is 0.353 e. The van der Waals surface area contributed by atoms with E-state index in [0.717, 1.165) is 25.2 Å². The first-order valence-electron chi connectivity index (χ1n) is 8.38. The Kier molecular flexibility index (Phi) is 2.60. The maximum atomic E-state index is 13.2. The van der Waals surface area contributed by atoms with Crippen LogP contribution in [0.15, 0.2) is 0 Å². The van der Waals surface area contributed by atoms with Crippen molar-refractivity contribution < 1.29 is 9.59 Å². The second-order valence-corrected chi connectivity index (χ2v) is 8.99. The topological polar surface area (TPSA) is 49.4 Å². The molecule has 4 aliphatic carbocycles. The number of carbonyl (C=O) groups is 2. The van der Waals surface area contributed by atoms with Gasteiger partial charge in [0, 0.05) is 13.1 Å². The zero-order valence-electron chi connectivity index (χ0n) is 13.2. The summed E-state index contributed by atoms with van der Waals surface area (Å²) in [6.45, 7) is 6.34. The summed E-state index contributed by atoms with van der Waals surface area (Å²) in [5, 5.41) is 2.82. The molecule has 4 saturated carbocycles. The summed E-state index contributed by atoms with van der Waals surface area (Å²) in [6.07, 6.45) is 7.05. The minimum atomic E-state index is -0.166. The van der Waals surface area contributed by atoms with E-state index < -0.39 is 0 Å². The van der Waals surface area contributed by atoms with Gasteiger partial charge in [0.25, 0.3) is 0 Å². The maximum absolute atomic E-state index is 13.2. The Labute approximate surface area is 126 Å². The molecule has 1 saturated heterocycles. The molecule has 116 valence electrons. The van der Waals surface area contributed by atoms with Gasteiger partial charge in [-0.05, 0) is 55.3 Å². The second kappa shape index (κ2) is 4.02. The SMILES string of the molecule is CC12CC3CC(C)(C1)CC(C(=O)N1CCNC(=O)C1)(C3)C2. The van der Waals surface area contributed by atoms with Crippen molar-refractivity contribution >= 4 is 11.8 Å². The molecule has 0 aromatic carbocycles. The molecule has 5 rings (SSSR count). The number of amides is 2. The smallest absolute Gasteiger partial charge is 0.239 e. The van der Waals surface area contributed by atoms with Crippen LogP contribution in [-0.2, 0) is 9.59 Å². The molecule has 0 spiro atoms. The summed E-state index contributed by atoms with van der Waals surface area (Å²) in [7, 11) is 0. The number of nitrogens with one attached hydrogen (secondary N) is 1. The normalized spacial score (nSPS) is 48.4. The lowest BCUT2D eigenvalue weighted by Crippen LogP contribution is -2.62. The molecule has 1 aliphatic heterocycles. The van der Waals surface area contributed by atoms with Gasteiger partial charge in [0.15, 0.2) is 0 Å². The zero-order chi connectivity index (χ0) is 14.9. The van der Waals surface area contributed by atoms with E-state index in [1.807, 2.05) is 4.90 Å².